The number of benzene rings is 1. The number of carbonyl (C=O) groups excluding carboxylic acids is 3. The number of aliphatic hydroxyl groups excluding tert-OH is 1. The lowest BCUT2D eigenvalue weighted by Crippen LogP contribution is -2.55. The minimum absolute atomic E-state index is 0.000148. The first-order valence-corrected chi connectivity index (χ1v) is 17.8. The SMILES string of the molecule is CC.CC1C=CC=C2C(=O)c3c(O)c4c(c(O)c3C(=O)C2=C1)C(OC1CC2C(OC3C(O)OCCN23)C(C)O1)CC(O)(C(=O)COC(C)(C)C)C4. The Hall–Kier alpha value is -3.27. The van der Waals surface area contributed by atoms with E-state index in [1.54, 1.807) is 32.9 Å². The van der Waals surface area contributed by atoms with Gasteiger partial charge in [-0.15, -0.1) is 0 Å². The van der Waals surface area contributed by atoms with Crippen molar-refractivity contribution in [2.24, 2.45) is 5.92 Å². The molecule has 7 rings (SSSR count). The van der Waals surface area contributed by atoms with Crippen LogP contribution in [0.4, 0.5) is 0 Å². The fourth-order valence-corrected chi connectivity index (χ4v) is 7.90. The molecular weight excluding hydrogens is 662 g/mol. The molecule has 3 heterocycles. The molecule has 13 heteroatoms. The topological polar surface area (TPSA) is 182 Å². The maximum Gasteiger partial charge on any atom is 0.198 e. The lowest BCUT2D eigenvalue weighted by Gasteiger charge is -2.43. The number of Topliss-reactive ketones (excluding diaryl/α,β-unsaturated/α-hetero) is 3. The summed E-state index contributed by atoms with van der Waals surface area (Å²) < 4.78 is 29.9. The van der Waals surface area contributed by atoms with Gasteiger partial charge in [0.2, 0.25) is 0 Å². The average Bonchev–Trinajstić information content (AvgIpc) is 3.34. The minimum Gasteiger partial charge on any atom is -0.507 e. The number of phenolic OH excluding ortho intramolecular Hbond substituents is 2. The summed E-state index contributed by atoms with van der Waals surface area (Å²) in [6.45, 7) is 13.3. The van der Waals surface area contributed by atoms with Crippen LogP contribution in [-0.2, 0) is 34.9 Å². The molecule has 0 amide bonds. The number of aromatic hydroxyl groups is 2. The maximum absolute atomic E-state index is 14.0. The maximum atomic E-state index is 14.0. The average molecular weight is 712 g/mol. The first-order chi connectivity index (χ1) is 24.1. The Bertz CT molecular complexity index is 1690. The van der Waals surface area contributed by atoms with Crippen LogP contribution in [0.1, 0.15) is 99.3 Å². The second-order valence-electron chi connectivity index (χ2n) is 14.8. The van der Waals surface area contributed by atoms with Gasteiger partial charge in [0.05, 0.1) is 35.5 Å². The third-order valence-electron chi connectivity index (χ3n) is 10.3. The van der Waals surface area contributed by atoms with Gasteiger partial charge < -0.3 is 44.1 Å². The van der Waals surface area contributed by atoms with Gasteiger partial charge >= 0.3 is 0 Å². The van der Waals surface area contributed by atoms with E-state index >= 15 is 0 Å². The number of ketones is 3. The zero-order valence-electron chi connectivity index (χ0n) is 30.2. The van der Waals surface area contributed by atoms with Crippen LogP contribution in [0.25, 0.3) is 0 Å². The van der Waals surface area contributed by atoms with Crippen molar-refractivity contribution in [2.75, 3.05) is 19.8 Å². The van der Waals surface area contributed by atoms with Gasteiger partial charge in [0.1, 0.15) is 29.8 Å². The van der Waals surface area contributed by atoms with Gasteiger partial charge in [0.25, 0.3) is 0 Å². The lowest BCUT2D eigenvalue weighted by atomic mass is 9.71. The van der Waals surface area contributed by atoms with Crippen LogP contribution in [0.3, 0.4) is 0 Å². The number of rotatable bonds is 5. The van der Waals surface area contributed by atoms with Crippen LogP contribution in [-0.4, -0.2) is 111 Å². The van der Waals surface area contributed by atoms with E-state index in [1.807, 2.05) is 38.7 Å². The molecule has 0 saturated carbocycles. The van der Waals surface area contributed by atoms with Crippen molar-refractivity contribution in [3.8, 4) is 11.5 Å². The predicted octanol–water partition coefficient (Wildman–Crippen LogP) is 3.56. The van der Waals surface area contributed by atoms with Gasteiger partial charge in [-0.05, 0) is 33.6 Å². The van der Waals surface area contributed by atoms with E-state index in [4.69, 9.17) is 23.7 Å². The van der Waals surface area contributed by atoms with E-state index in [1.165, 1.54) is 6.08 Å². The Kier molecular flexibility index (Phi) is 10.2. The van der Waals surface area contributed by atoms with Crippen LogP contribution in [0.5, 0.6) is 11.5 Å². The highest BCUT2D eigenvalue weighted by Crippen LogP contribution is 2.53. The third kappa shape index (κ3) is 6.63. The highest BCUT2D eigenvalue weighted by atomic mass is 16.7. The number of hydrogen-bond acceptors (Lipinski definition) is 13. The molecule has 13 nitrogen and oxygen atoms in total. The highest BCUT2D eigenvalue weighted by Gasteiger charge is 2.55. The van der Waals surface area contributed by atoms with E-state index < -0.39 is 90.2 Å². The summed E-state index contributed by atoms with van der Waals surface area (Å²) in [5, 5.41) is 46.0. The van der Waals surface area contributed by atoms with Crippen molar-refractivity contribution in [1.82, 2.24) is 4.90 Å². The smallest absolute Gasteiger partial charge is 0.198 e. The molecule has 1 aromatic rings. The number of aliphatic hydroxyl groups is 2. The molecule has 3 saturated heterocycles. The molecule has 4 N–H and O–H groups in total. The highest BCUT2D eigenvalue weighted by molar-refractivity contribution is 6.33. The first kappa shape index (κ1) is 37.5. The second kappa shape index (κ2) is 13.9. The number of nitrogens with zero attached hydrogens (tertiary/aromatic N) is 1. The number of morpholine rings is 1. The van der Waals surface area contributed by atoms with E-state index in [0.29, 0.717) is 13.2 Å². The van der Waals surface area contributed by atoms with Crippen molar-refractivity contribution in [1.29, 1.82) is 0 Å². The van der Waals surface area contributed by atoms with Crippen LogP contribution in [0.15, 0.2) is 35.5 Å². The van der Waals surface area contributed by atoms with Crippen molar-refractivity contribution in [3.05, 3.63) is 57.7 Å². The monoisotopic (exact) mass is 711 g/mol. The summed E-state index contributed by atoms with van der Waals surface area (Å²) >= 11 is 0. The molecule has 3 fully saturated rings. The van der Waals surface area contributed by atoms with Gasteiger partial charge in [0.15, 0.2) is 36.2 Å². The van der Waals surface area contributed by atoms with Gasteiger partial charge in [-0.3, -0.25) is 19.3 Å². The Morgan fingerprint density at radius 2 is 1.75 bits per heavy atom. The summed E-state index contributed by atoms with van der Waals surface area (Å²) in [4.78, 5) is 43.5. The van der Waals surface area contributed by atoms with Gasteiger partial charge in [0, 0.05) is 54.1 Å². The first-order valence-electron chi connectivity index (χ1n) is 17.8. The Balaban J connectivity index is 0.00000220. The molecule has 3 aliphatic heterocycles. The fraction of sp³-hybridized carbons (Fsp3) is 0.605. The quantitative estimate of drug-likeness (QED) is 0.326. The lowest BCUT2D eigenvalue weighted by molar-refractivity contribution is -0.252. The molecule has 1 aromatic carbocycles. The molecule has 51 heavy (non-hydrogen) atoms. The molecule has 0 aromatic heterocycles. The summed E-state index contributed by atoms with van der Waals surface area (Å²) in [5.41, 5.74) is -3.46. The van der Waals surface area contributed by atoms with Gasteiger partial charge in [-0.1, -0.05) is 45.1 Å². The third-order valence-corrected chi connectivity index (χ3v) is 10.3. The predicted molar refractivity (Wildman–Crippen MR) is 182 cm³/mol. The van der Waals surface area contributed by atoms with Gasteiger partial charge in [-0.25, -0.2) is 0 Å². The molecular formula is C38H49NO12. The van der Waals surface area contributed by atoms with Crippen LogP contribution < -0.4 is 0 Å². The number of carbonyl (C=O) groups is 3. The van der Waals surface area contributed by atoms with E-state index in [-0.39, 0.29) is 58.2 Å². The summed E-state index contributed by atoms with van der Waals surface area (Å²) in [7, 11) is 0. The normalized spacial score (nSPS) is 34.5. The van der Waals surface area contributed by atoms with E-state index in [2.05, 4.69) is 0 Å². The molecule has 0 radical (unpaired) electrons. The molecule has 9 unspecified atom stereocenters. The van der Waals surface area contributed by atoms with Crippen LogP contribution >= 0.6 is 0 Å². The summed E-state index contributed by atoms with van der Waals surface area (Å²) in [6.07, 6.45) is 1.17. The van der Waals surface area contributed by atoms with Gasteiger partial charge in [-0.2, -0.15) is 0 Å². The number of phenols is 2. The number of ether oxygens (including phenoxy) is 5. The fourth-order valence-electron chi connectivity index (χ4n) is 7.90. The number of allylic oxidation sites excluding steroid dienone is 6. The molecule has 6 aliphatic rings. The van der Waals surface area contributed by atoms with Crippen LogP contribution in [0.2, 0.25) is 0 Å². The number of fused-ring (bicyclic) bond motifs is 6. The van der Waals surface area contributed by atoms with Crippen molar-refractivity contribution >= 4 is 17.3 Å². The molecule has 9 atom stereocenters. The molecule has 278 valence electrons. The second-order valence-corrected chi connectivity index (χ2v) is 14.8. The summed E-state index contributed by atoms with van der Waals surface area (Å²) in [6, 6.07) is -0.228. The Morgan fingerprint density at radius 3 is 2.45 bits per heavy atom. The standard InChI is InChI=1S/C36H43NO12.C2H6/c1-16-7-6-8-18-19(11-16)29(40)27-26(28(18)39)30(41)20-13-36(44,23(38)15-46-35(3,4)5)14-22(25(20)31(27)42)48-24-12-21-32(17(2)47-24)49-33-34(43)45-10-9-37(21)33;1-2/h6-8,11,16-17,21-22,24,32-34,41-44H,9-10,12-15H2,1-5H3;1-2H3. The largest absolute Gasteiger partial charge is 0.507 e. The summed E-state index contributed by atoms with van der Waals surface area (Å²) in [5.74, 6) is -3.31. The zero-order chi connectivity index (χ0) is 37.2. The molecule has 0 bridgehead atoms. The van der Waals surface area contributed by atoms with E-state index in [9.17, 15) is 34.8 Å². The van der Waals surface area contributed by atoms with Crippen molar-refractivity contribution in [2.45, 2.75) is 122 Å². The number of hydrogen-bond donors (Lipinski definition) is 4. The van der Waals surface area contributed by atoms with E-state index in [0.717, 1.165) is 0 Å². The Labute approximate surface area is 297 Å². The van der Waals surface area contributed by atoms with Crippen molar-refractivity contribution < 1.29 is 58.5 Å². The Morgan fingerprint density at radius 1 is 1.06 bits per heavy atom. The zero-order valence-corrected chi connectivity index (χ0v) is 30.2. The van der Waals surface area contributed by atoms with Crippen LogP contribution in [0, 0.1) is 5.92 Å². The van der Waals surface area contributed by atoms with Crippen molar-refractivity contribution in [3.63, 3.8) is 0 Å². The molecule has 3 aliphatic carbocycles. The minimum atomic E-state index is -2.13. The molecule has 0 spiro atoms.